The normalized spacial score (nSPS) is 10.7. The second-order valence-electron chi connectivity index (χ2n) is 5.65. The Morgan fingerprint density at radius 3 is 2.24 bits per heavy atom. The molecule has 0 amide bonds. The molecule has 0 N–H and O–H groups in total. The van der Waals surface area contributed by atoms with Crippen LogP contribution >= 0.6 is 0 Å². The first-order chi connectivity index (χ1) is 10.0. The zero-order valence-electron chi connectivity index (χ0n) is 13.3. The van der Waals surface area contributed by atoms with Crippen LogP contribution < -0.4 is 4.90 Å². The van der Waals surface area contributed by atoms with Crippen LogP contribution in [0.25, 0.3) is 0 Å². The third kappa shape index (κ3) is 3.52. The lowest BCUT2D eigenvalue weighted by Crippen LogP contribution is -2.16. The Labute approximate surface area is 127 Å². The van der Waals surface area contributed by atoms with Gasteiger partial charge in [0, 0.05) is 29.4 Å². The number of carbonyl (C=O) groups excluding carboxylic acids is 1. The minimum absolute atomic E-state index is 0.0369. The van der Waals surface area contributed by atoms with E-state index >= 15 is 0 Å². The zero-order chi connectivity index (χ0) is 15.4. The Hall–Kier alpha value is -2.09. The number of hydrogen-bond donors (Lipinski definition) is 0. The molecule has 2 nitrogen and oxygen atoms in total. The molecule has 2 aromatic carbocycles. The van der Waals surface area contributed by atoms with Gasteiger partial charge in [0.2, 0.25) is 0 Å². The number of ketones is 1. The third-order valence-corrected chi connectivity index (χ3v) is 3.62. The Morgan fingerprint density at radius 1 is 1.05 bits per heavy atom. The second kappa shape index (κ2) is 6.57. The summed E-state index contributed by atoms with van der Waals surface area (Å²) < 4.78 is 0. The lowest BCUT2D eigenvalue weighted by molar-refractivity contribution is 0.0939. The highest BCUT2D eigenvalue weighted by Crippen LogP contribution is 2.26. The van der Waals surface area contributed by atoms with Crippen molar-refractivity contribution < 1.29 is 4.79 Å². The maximum Gasteiger partial charge on any atom is 0.165 e. The molecule has 0 atom stereocenters. The van der Waals surface area contributed by atoms with E-state index in [1.807, 2.05) is 38.1 Å². The van der Waals surface area contributed by atoms with E-state index in [0.717, 1.165) is 17.8 Å². The molecule has 21 heavy (non-hydrogen) atoms. The molecule has 0 aliphatic heterocycles. The van der Waals surface area contributed by atoms with Gasteiger partial charge in [0.25, 0.3) is 0 Å². The first-order valence-electron chi connectivity index (χ1n) is 7.51. The van der Waals surface area contributed by atoms with Gasteiger partial charge in [-0.1, -0.05) is 26.0 Å². The first kappa shape index (κ1) is 15.3. The van der Waals surface area contributed by atoms with Crippen LogP contribution in [0.5, 0.6) is 0 Å². The standard InChI is InChI=1S/C19H23NO/c1-5-20(18-8-6-7-15(4)13-18)17-11-9-16(10-12-17)19(21)14(2)3/h6-14H,5H2,1-4H3. The maximum atomic E-state index is 12.0. The smallest absolute Gasteiger partial charge is 0.165 e. The zero-order valence-corrected chi connectivity index (χ0v) is 13.3. The van der Waals surface area contributed by atoms with Crippen molar-refractivity contribution in [3.05, 3.63) is 59.7 Å². The van der Waals surface area contributed by atoms with Gasteiger partial charge >= 0.3 is 0 Å². The number of carbonyl (C=O) groups is 1. The minimum Gasteiger partial charge on any atom is -0.342 e. The van der Waals surface area contributed by atoms with E-state index in [2.05, 4.69) is 43.0 Å². The van der Waals surface area contributed by atoms with Crippen molar-refractivity contribution >= 4 is 17.2 Å². The fraction of sp³-hybridized carbons (Fsp3) is 0.316. The van der Waals surface area contributed by atoms with Gasteiger partial charge < -0.3 is 4.90 Å². The van der Waals surface area contributed by atoms with Crippen molar-refractivity contribution in [1.82, 2.24) is 0 Å². The molecule has 0 fully saturated rings. The molecule has 0 bridgehead atoms. The van der Waals surface area contributed by atoms with E-state index in [-0.39, 0.29) is 11.7 Å². The number of nitrogens with zero attached hydrogens (tertiary/aromatic N) is 1. The highest BCUT2D eigenvalue weighted by molar-refractivity contribution is 5.97. The predicted molar refractivity (Wildman–Crippen MR) is 89.5 cm³/mol. The second-order valence-corrected chi connectivity index (χ2v) is 5.65. The van der Waals surface area contributed by atoms with E-state index in [9.17, 15) is 4.79 Å². The summed E-state index contributed by atoms with van der Waals surface area (Å²) in [6.45, 7) is 8.99. The first-order valence-corrected chi connectivity index (χ1v) is 7.51. The van der Waals surface area contributed by atoms with Gasteiger partial charge in [-0.05, 0) is 55.8 Å². The summed E-state index contributed by atoms with van der Waals surface area (Å²) in [6.07, 6.45) is 0. The van der Waals surface area contributed by atoms with E-state index in [4.69, 9.17) is 0 Å². The van der Waals surface area contributed by atoms with Crippen molar-refractivity contribution in [2.24, 2.45) is 5.92 Å². The van der Waals surface area contributed by atoms with Gasteiger partial charge in [-0.15, -0.1) is 0 Å². The van der Waals surface area contributed by atoms with Gasteiger partial charge in [0.05, 0.1) is 0 Å². The molecule has 0 radical (unpaired) electrons. The average Bonchev–Trinajstić information content (AvgIpc) is 2.48. The van der Waals surface area contributed by atoms with Crippen molar-refractivity contribution in [3.63, 3.8) is 0 Å². The quantitative estimate of drug-likeness (QED) is 0.719. The van der Waals surface area contributed by atoms with Crippen LogP contribution in [0.1, 0.15) is 36.7 Å². The van der Waals surface area contributed by atoms with E-state index in [1.165, 1.54) is 11.3 Å². The Morgan fingerprint density at radius 2 is 1.71 bits per heavy atom. The van der Waals surface area contributed by atoms with Crippen LogP contribution in [0, 0.1) is 12.8 Å². The number of hydrogen-bond acceptors (Lipinski definition) is 2. The van der Waals surface area contributed by atoms with Crippen LogP contribution in [0.15, 0.2) is 48.5 Å². The molecular formula is C19H23NO. The fourth-order valence-corrected chi connectivity index (χ4v) is 2.45. The molecule has 2 heteroatoms. The highest BCUT2D eigenvalue weighted by Gasteiger charge is 2.12. The van der Waals surface area contributed by atoms with Crippen LogP contribution in [-0.2, 0) is 0 Å². The Balaban J connectivity index is 2.29. The van der Waals surface area contributed by atoms with Gasteiger partial charge in [-0.25, -0.2) is 0 Å². The van der Waals surface area contributed by atoms with Crippen LogP contribution in [0.2, 0.25) is 0 Å². The summed E-state index contributed by atoms with van der Waals surface area (Å²) in [6, 6.07) is 16.4. The number of aryl methyl sites for hydroxylation is 1. The number of anilines is 2. The van der Waals surface area contributed by atoms with Crippen molar-refractivity contribution in [2.75, 3.05) is 11.4 Å². The third-order valence-electron chi connectivity index (χ3n) is 3.62. The summed E-state index contributed by atoms with van der Waals surface area (Å²) in [5, 5.41) is 0. The van der Waals surface area contributed by atoms with E-state index < -0.39 is 0 Å². The molecule has 0 aliphatic rings. The van der Waals surface area contributed by atoms with Crippen LogP contribution in [0.3, 0.4) is 0 Å². The summed E-state index contributed by atoms with van der Waals surface area (Å²) >= 11 is 0. The van der Waals surface area contributed by atoms with Crippen molar-refractivity contribution in [1.29, 1.82) is 0 Å². The SMILES string of the molecule is CCN(c1ccc(C(=O)C(C)C)cc1)c1cccc(C)c1. The number of benzene rings is 2. The molecule has 0 unspecified atom stereocenters. The molecule has 110 valence electrons. The predicted octanol–water partition coefficient (Wildman–Crippen LogP) is 4.99. The Bertz CT molecular complexity index is 614. The number of rotatable bonds is 5. The molecule has 0 aliphatic carbocycles. The fourth-order valence-electron chi connectivity index (χ4n) is 2.45. The van der Waals surface area contributed by atoms with Crippen molar-refractivity contribution in [2.45, 2.75) is 27.7 Å². The van der Waals surface area contributed by atoms with Gasteiger partial charge in [-0.2, -0.15) is 0 Å². The average molecular weight is 281 g/mol. The summed E-state index contributed by atoms with van der Waals surface area (Å²) in [5.74, 6) is 0.232. The highest BCUT2D eigenvalue weighted by atomic mass is 16.1. The summed E-state index contributed by atoms with van der Waals surface area (Å²) in [4.78, 5) is 14.2. The lowest BCUT2D eigenvalue weighted by atomic mass is 10.0. The van der Waals surface area contributed by atoms with E-state index in [1.54, 1.807) is 0 Å². The van der Waals surface area contributed by atoms with Crippen LogP contribution in [0.4, 0.5) is 11.4 Å². The molecular weight excluding hydrogens is 258 g/mol. The molecule has 2 rings (SSSR count). The molecule has 2 aromatic rings. The Kier molecular flexibility index (Phi) is 4.79. The lowest BCUT2D eigenvalue weighted by Gasteiger charge is -2.24. The summed E-state index contributed by atoms with van der Waals surface area (Å²) in [7, 11) is 0. The number of Topliss-reactive ketones (excluding diaryl/α,β-unsaturated/α-hetero) is 1. The molecule has 0 spiro atoms. The largest absolute Gasteiger partial charge is 0.342 e. The summed E-state index contributed by atoms with van der Waals surface area (Å²) in [5.41, 5.74) is 4.33. The maximum absolute atomic E-state index is 12.0. The molecule has 0 aromatic heterocycles. The monoisotopic (exact) mass is 281 g/mol. The topological polar surface area (TPSA) is 20.3 Å². The van der Waals surface area contributed by atoms with Crippen molar-refractivity contribution in [3.8, 4) is 0 Å². The van der Waals surface area contributed by atoms with Gasteiger partial charge in [0.1, 0.15) is 0 Å². The van der Waals surface area contributed by atoms with Crippen LogP contribution in [-0.4, -0.2) is 12.3 Å². The van der Waals surface area contributed by atoms with Gasteiger partial charge in [0.15, 0.2) is 5.78 Å². The molecule has 0 heterocycles. The van der Waals surface area contributed by atoms with E-state index in [0.29, 0.717) is 0 Å². The molecule has 0 saturated heterocycles. The minimum atomic E-state index is 0.0369. The van der Waals surface area contributed by atoms with Gasteiger partial charge in [-0.3, -0.25) is 4.79 Å². The molecule has 0 saturated carbocycles.